The maximum Gasteiger partial charge on any atom is 0.214 e. The van der Waals surface area contributed by atoms with Gasteiger partial charge in [0.15, 0.2) is 11.1 Å². The molecule has 8 heteroatoms. The van der Waals surface area contributed by atoms with E-state index in [-0.39, 0.29) is 9.79 Å². The molecule has 0 amide bonds. The first-order chi connectivity index (χ1) is 13.9. The van der Waals surface area contributed by atoms with Crippen LogP contribution in [0.5, 0.6) is 5.75 Å². The van der Waals surface area contributed by atoms with Crippen LogP contribution in [0.3, 0.4) is 0 Å². The second kappa shape index (κ2) is 7.82. The summed E-state index contributed by atoms with van der Waals surface area (Å²) in [5.41, 5.74) is 1.59. The molecule has 0 spiro atoms. The Morgan fingerprint density at radius 3 is 2.45 bits per heavy atom. The summed E-state index contributed by atoms with van der Waals surface area (Å²) in [7, 11) is 0.0251. The molecule has 0 bridgehead atoms. The second-order valence-corrected chi connectivity index (χ2v) is 9.67. The quantitative estimate of drug-likeness (QED) is 0.677. The van der Waals surface area contributed by atoms with Crippen molar-refractivity contribution in [3.63, 3.8) is 0 Å². The number of nitrogens with one attached hydrogen (secondary N) is 2. The van der Waals surface area contributed by atoms with Gasteiger partial charge >= 0.3 is 0 Å². The predicted molar refractivity (Wildman–Crippen MR) is 113 cm³/mol. The monoisotopic (exact) mass is 433 g/mol. The third-order valence-corrected chi connectivity index (χ3v) is 7.46. The van der Waals surface area contributed by atoms with Gasteiger partial charge in [0.05, 0.1) is 56.3 Å². The van der Waals surface area contributed by atoms with Gasteiger partial charge in [-0.05, 0) is 36.4 Å². The van der Waals surface area contributed by atoms with E-state index < -0.39 is 9.84 Å². The number of nitrogens with zero attached hydrogens (tertiary/aromatic N) is 1. The fourth-order valence-corrected chi connectivity index (χ4v) is 5.28. The zero-order chi connectivity index (χ0) is 20.6. The van der Waals surface area contributed by atoms with Crippen LogP contribution < -0.4 is 19.5 Å². The first-order valence-corrected chi connectivity index (χ1v) is 11.4. The second-order valence-electron chi connectivity index (χ2n) is 7.31. The van der Waals surface area contributed by atoms with Crippen molar-refractivity contribution in [2.24, 2.45) is 0 Å². The maximum atomic E-state index is 13.5. The van der Waals surface area contributed by atoms with Crippen molar-refractivity contribution < 1.29 is 23.0 Å². The molecule has 0 unspecified atom stereocenters. The molecule has 1 fully saturated rings. The molecular weight excluding hydrogens is 410 g/mol. The third kappa shape index (κ3) is 3.77. The molecule has 0 atom stereocenters. The number of hydrogen-bond donors (Lipinski definition) is 1. The number of hydrogen-bond acceptors (Lipinski definition) is 4. The minimum Gasteiger partial charge on any atom is -0.497 e. The lowest BCUT2D eigenvalue weighted by Gasteiger charge is -2.33. The van der Waals surface area contributed by atoms with Crippen molar-refractivity contribution in [1.82, 2.24) is 0 Å². The third-order valence-electron chi connectivity index (χ3n) is 5.42. The highest BCUT2D eigenvalue weighted by atomic mass is 35.5. The largest absolute Gasteiger partial charge is 0.497 e. The standard InChI is InChI=1S/C21H22ClN3O3S/c1-24-9-11-25(12-10-24)21-18-13-16(28-2)5-8-19(18)23-14-20(21)29(26,27)17-6-3-15(22)4-7-17/h3-8,13-14H,9-12H2,1-2H3/p+2. The number of benzene rings is 2. The lowest BCUT2D eigenvalue weighted by Crippen LogP contribution is -3.12. The number of H-pyrrole nitrogens is 1. The molecule has 29 heavy (non-hydrogen) atoms. The first kappa shape index (κ1) is 19.9. The van der Waals surface area contributed by atoms with Crippen LogP contribution in [0.15, 0.2) is 58.5 Å². The molecule has 4 rings (SSSR count). The molecule has 2 heterocycles. The molecular formula is C21H24ClN3O3S+2. The van der Waals surface area contributed by atoms with Crippen LogP contribution in [0.1, 0.15) is 0 Å². The van der Waals surface area contributed by atoms with Crippen molar-refractivity contribution in [3.8, 4) is 5.75 Å². The minimum atomic E-state index is -3.74. The van der Waals surface area contributed by atoms with E-state index in [1.807, 2.05) is 18.2 Å². The SMILES string of the molecule is COc1ccc2[nH+]cc(S(=O)(=O)c3ccc(Cl)cc3)c(N3CC[NH+](C)CC3)c2c1. The Morgan fingerprint density at radius 1 is 1.10 bits per heavy atom. The molecule has 6 nitrogen and oxygen atoms in total. The van der Waals surface area contributed by atoms with Crippen LogP contribution in [0, 0.1) is 0 Å². The Balaban J connectivity index is 1.95. The molecule has 0 aliphatic carbocycles. The zero-order valence-electron chi connectivity index (χ0n) is 16.4. The van der Waals surface area contributed by atoms with E-state index in [9.17, 15) is 8.42 Å². The zero-order valence-corrected chi connectivity index (χ0v) is 18.0. The number of piperazine rings is 1. The van der Waals surface area contributed by atoms with Crippen LogP contribution in [0.25, 0.3) is 10.9 Å². The summed E-state index contributed by atoms with van der Waals surface area (Å²) in [6.45, 7) is 3.46. The van der Waals surface area contributed by atoms with Gasteiger partial charge in [-0.3, -0.25) is 0 Å². The number of ether oxygens (including phenoxy) is 1. The van der Waals surface area contributed by atoms with Gasteiger partial charge < -0.3 is 14.5 Å². The molecule has 152 valence electrons. The Labute approximate surface area is 175 Å². The first-order valence-electron chi connectivity index (χ1n) is 9.49. The van der Waals surface area contributed by atoms with Crippen LogP contribution in [0.2, 0.25) is 5.02 Å². The van der Waals surface area contributed by atoms with Gasteiger partial charge in [-0.2, -0.15) is 0 Å². The van der Waals surface area contributed by atoms with Crippen molar-refractivity contribution >= 4 is 38.0 Å². The van der Waals surface area contributed by atoms with E-state index in [1.54, 1.807) is 37.6 Å². The number of rotatable bonds is 4. The number of quaternary nitrogens is 1. The molecule has 2 N–H and O–H groups in total. The van der Waals surface area contributed by atoms with Gasteiger partial charge in [-0.25, -0.2) is 13.4 Å². The number of sulfone groups is 1. The van der Waals surface area contributed by atoms with Gasteiger partial charge in [0.2, 0.25) is 15.4 Å². The Morgan fingerprint density at radius 2 is 1.79 bits per heavy atom. The topological polar surface area (TPSA) is 65.2 Å². The number of pyridine rings is 1. The molecule has 0 saturated carbocycles. The summed E-state index contributed by atoms with van der Waals surface area (Å²) in [6.07, 6.45) is 1.60. The normalized spacial score (nSPS) is 15.6. The summed E-state index contributed by atoms with van der Waals surface area (Å²) in [5, 5.41) is 1.33. The molecule has 1 aliphatic rings. The summed E-state index contributed by atoms with van der Waals surface area (Å²) in [4.78, 5) is 7.25. The average molecular weight is 434 g/mol. The van der Waals surface area contributed by atoms with Gasteiger partial charge in [0, 0.05) is 11.1 Å². The summed E-state index contributed by atoms with van der Waals surface area (Å²) in [6, 6.07) is 12.0. The Hall–Kier alpha value is -2.35. The number of halogens is 1. The highest BCUT2D eigenvalue weighted by molar-refractivity contribution is 7.91. The Bertz CT molecular complexity index is 1140. The van der Waals surface area contributed by atoms with Gasteiger partial charge in [-0.15, -0.1) is 0 Å². The summed E-state index contributed by atoms with van der Waals surface area (Å²) < 4.78 is 32.5. The Kier molecular flexibility index (Phi) is 5.38. The van der Waals surface area contributed by atoms with Crippen LogP contribution in [-0.4, -0.2) is 48.8 Å². The smallest absolute Gasteiger partial charge is 0.214 e. The highest BCUT2D eigenvalue weighted by Crippen LogP contribution is 2.36. The van der Waals surface area contributed by atoms with Gasteiger partial charge in [0.25, 0.3) is 0 Å². The molecule has 1 aromatic heterocycles. The van der Waals surface area contributed by atoms with Crippen molar-refractivity contribution in [2.75, 3.05) is 45.2 Å². The summed E-state index contributed by atoms with van der Waals surface area (Å²) in [5.74, 6) is 0.688. The van der Waals surface area contributed by atoms with E-state index in [1.165, 1.54) is 4.90 Å². The fraction of sp³-hybridized carbons (Fsp3) is 0.286. The number of aromatic nitrogens is 1. The van der Waals surface area contributed by atoms with Crippen LogP contribution >= 0.6 is 11.6 Å². The number of aromatic amines is 1. The van der Waals surface area contributed by atoms with Crippen LogP contribution in [0.4, 0.5) is 5.69 Å². The molecule has 1 aliphatic heterocycles. The van der Waals surface area contributed by atoms with Crippen molar-refractivity contribution in [2.45, 2.75) is 9.79 Å². The van der Waals surface area contributed by atoms with E-state index in [0.717, 1.165) is 42.8 Å². The molecule has 2 aromatic carbocycles. The summed E-state index contributed by atoms with van der Waals surface area (Å²) >= 11 is 5.96. The van der Waals surface area contributed by atoms with Crippen molar-refractivity contribution in [3.05, 3.63) is 53.7 Å². The number of methoxy groups -OCH3 is 1. The van der Waals surface area contributed by atoms with E-state index >= 15 is 0 Å². The van der Waals surface area contributed by atoms with E-state index in [0.29, 0.717) is 10.8 Å². The number of anilines is 1. The van der Waals surface area contributed by atoms with Gasteiger partial charge in [0.1, 0.15) is 5.75 Å². The van der Waals surface area contributed by atoms with Crippen LogP contribution in [-0.2, 0) is 9.84 Å². The molecule has 1 saturated heterocycles. The maximum absolute atomic E-state index is 13.5. The molecule has 3 aromatic rings. The number of likely N-dealkylation sites (N-methyl/N-ethyl adjacent to an activating group) is 1. The highest BCUT2D eigenvalue weighted by Gasteiger charge is 2.31. The predicted octanol–water partition coefficient (Wildman–Crippen LogP) is 1.48. The van der Waals surface area contributed by atoms with Gasteiger partial charge in [-0.1, -0.05) is 11.6 Å². The average Bonchev–Trinajstić information content (AvgIpc) is 2.73. The fourth-order valence-electron chi connectivity index (χ4n) is 3.70. The number of fused-ring (bicyclic) bond motifs is 1. The lowest BCUT2D eigenvalue weighted by atomic mass is 10.1. The van der Waals surface area contributed by atoms with E-state index in [2.05, 4.69) is 16.9 Å². The lowest BCUT2D eigenvalue weighted by molar-refractivity contribution is -0.880. The van der Waals surface area contributed by atoms with E-state index in [4.69, 9.17) is 16.3 Å². The van der Waals surface area contributed by atoms with Crippen molar-refractivity contribution in [1.29, 1.82) is 0 Å². The molecule has 0 radical (unpaired) electrons. The minimum absolute atomic E-state index is 0.221.